The Morgan fingerprint density at radius 2 is 1.83 bits per heavy atom. The highest BCUT2D eigenvalue weighted by Crippen LogP contribution is 2.68. The summed E-state index contributed by atoms with van der Waals surface area (Å²) in [6.07, 6.45) is 21.8. The summed E-state index contributed by atoms with van der Waals surface area (Å²) >= 11 is 0. The van der Waals surface area contributed by atoms with Crippen molar-refractivity contribution in [3.05, 3.63) is 24.3 Å². The topological polar surface area (TPSA) is 20.2 Å². The number of hydrogen-bond donors (Lipinski definition) is 1. The molecule has 0 aromatic carbocycles. The first kappa shape index (κ1) is 14.8. The van der Waals surface area contributed by atoms with Crippen LogP contribution in [0.3, 0.4) is 0 Å². The summed E-state index contributed by atoms with van der Waals surface area (Å²) in [6, 6.07) is 0. The molecular weight excluding hydrogens is 280 g/mol. The molecule has 4 saturated carbocycles. The molecule has 0 aliphatic heterocycles. The average molecular weight is 312 g/mol. The molecule has 0 aromatic heterocycles. The zero-order chi connectivity index (χ0) is 15.7. The van der Waals surface area contributed by atoms with Gasteiger partial charge in [0.1, 0.15) is 0 Å². The van der Waals surface area contributed by atoms with Crippen LogP contribution in [0.25, 0.3) is 0 Å². The summed E-state index contributed by atoms with van der Waals surface area (Å²) < 4.78 is 0. The van der Waals surface area contributed by atoms with E-state index in [1.54, 1.807) is 0 Å². The first-order chi connectivity index (χ1) is 11.1. The molecule has 1 N–H and O–H groups in total. The van der Waals surface area contributed by atoms with Crippen molar-refractivity contribution in [1.82, 2.24) is 0 Å². The summed E-state index contributed by atoms with van der Waals surface area (Å²) in [5, 5.41) is 10.1. The Morgan fingerprint density at radius 3 is 2.74 bits per heavy atom. The van der Waals surface area contributed by atoms with Gasteiger partial charge in [0, 0.05) is 0 Å². The second-order valence-corrected chi connectivity index (χ2v) is 9.66. The summed E-state index contributed by atoms with van der Waals surface area (Å²) in [6.45, 7) is 2.60. The highest BCUT2D eigenvalue weighted by Gasteiger charge is 2.60. The van der Waals surface area contributed by atoms with Crippen molar-refractivity contribution in [2.75, 3.05) is 0 Å². The Morgan fingerprint density at radius 1 is 0.913 bits per heavy atom. The van der Waals surface area contributed by atoms with Crippen LogP contribution >= 0.6 is 0 Å². The van der Waals surface area contributed by atoms with Gasteiger partial charge in [-0.1, -0.05) is 31.2 Å². The highest BCUT2D eigenvalue weighted by molar-refractivity contribution is 5.26. The second-order valence-electron chi connectivity index (χ2n) is 9.66. The molecule has 8 atom stereocenters. The molecular formula is C22H32O. The fourth-order valence-corrected chi connectivity index (χ4v) is 8.04. The van der Waals surface area contributed by atoms with Gasteiger partial charge in [0.05, 0.1) is 6.10 Å². The lowest BCUT2D eigenvalue weighted by Crippen LogP contribution is -2.54. The van der Waals surface area contributed by atoms with Crippen molar-refractivity contribution in [2.24, 2.45) is 40.4 Å². The third-order valence-electron chi connectivity index (χ3n) is 9.15. The predicted molar refractivity (Wildman–Crippen MR) is 93.8 cm³/mol. The van der Waals surface area contributed by atoms with E-state index in [1.165, 1.54) is 44.9 Å². The molecule has 1 nitrogen and oxygen atoms in total. The molecule has 4 fully saturated rings. The lowest BCUT2D eigenvalue weighted by molar-refractivity contribution is -0.119. The second kappa shape index (κ2) is 4.97. The standard InChI is InChI=1S/C22H32O/c1-21-12-9-17(23)14-16(21)5-7-18-19(21)10-13-22-11-3-2-4-15(22)6-8-20(18)22/h2-4,11,15-20,23H,5-10,12-14H2,1H3/t15?,16-,17+,18?,19?,20?,21?,22?/m0/s1. The molecule has 1 spiro atoms. The lowest BCUT2D eigenvalue weighted by Gasteiger charge is -2.61. The molecule has 6 unspecified atom stereocenters. The van der Waals surface area contributed by atoms with E-state index in [2.05, 4.69) is 31.2 Å². The minimum absolute atomic E-state index is 0.0122. The van der Waals surface area contributed by atoms with Crippen molar-refractivity contribution < 1.29 is 5.11 Å². The van der Waals surface area contributed by atoms with Crippen molar-refractivity contribution in [3.63, 3.8) is 0 Å². The quantitative estimate of drug-likeness (QED) is 0.659. The van der Waals surface area contributed by atoms with E-state index in [4.69, 9.17) is 0 Å². The van der Waals surface area contributed by atoms with Gasteiger partial charge in [-0.2, -0.15) is 0 Å². The normalized spacial score (nSPS) is 57.3. The Balaban J connectivity index is 1.47. The summed E-state index contributed by atoms with van der Waals surface area (Å²) in [5.74, 6) is 4.46. The number of hydrogen-bond acceptors (Lipinski definition) is 1. The van der Waals surface area contributed by atoms with Gasteiger partial charge in [0.25, 0.3) is 0 Å². The maximum absolute atomic E-state index is 10.1. The third-order valence-corrected chi connectivity index (χ3v) is 9.15. The highest BCUT2D eigenvalue weighted by atomic mass is 16.3. The van der Waals surface area contributed by atoms with Gasteiger partial charge in [0.15, 0.2) is 0 Å². The van der Waals surface area contributed by atoms with E-state index in [0.717, 1.165) is 42.4 Å². The molecule has 1 heteroatoms. The molecule has 126 valence electrons. The molecule has 0 radical (unpaired) electrons. The van der Waals surface area contributed by atoms with Crippen molar-refractivity contribution in [2.45, 2.75) is 70.8 Å². The average Bonchev–Trinajstić information content (AvgIpc) is 2.95. The molecule has 0 heterocycles. The van der Waals surface area contributed by atoms with Gasteiger partial charge in [-0.15, -0.1) is 0 Å². The number of rotatable bonds is 0. The SMILES string of the molecule is CC12CC[C@@H](O)C[C@@H]1CCC1C3CCC4C=CC=CC43CCC12. The van der Waals surface area contributed by atoms with Crippen LogP contribution in [0, 0.1) is 40.4 Å². The predicted octanol–water partition coefficient (Wildman–Crippen LogP) is 5.11. The Labute approximate surface area is 141 Å². The number of allylic oxidation sites excluding steroid dienone is 4. The minimum Gasteiger partial charge on any atom is -0.393 e. The summed E-state index contributed by atoms with van der Waals surface area (Å²) in [4.78, 5) is 0. The molecule has 23 heavy (non-hydrogen) atoms. The molecule has 0 bridgehead atoms. The Hall–Kier alpha value is -0.560. The molecule has 5 aliphatic rings. The number of fused-ring (bicyclic) bond motifs is 4. The van der Waals surface area contributed by atoms with Gasteiger partial charge in [0.2, 0.25) is 0 Å². The molecule has 5 aliphatic carbocycles. The number of aliphatic hydroxyl groups is 1. The van der Waals surface area contributed by atoms with Gasteiger partial charge in [-0.05, 0) is 98.2 Å². The van der Waals surface area contributed by atoms with E-state index >= 15 is 0 Å². The van der Waals surface area contributed by atoms with Crippen LogP contribution in [0.5, 0.6) is 0 Å². The van der Waals surface area contributed by atoms with E-state index < -0.39 is 0 Å². The fraction of sp³-hybridized carbons (Fsp3) is 0.818. The largest absolute Gasteiger partial charge is 0.393 e. The van der Waals surface area contributed by atoms with E-state index in [0.29, 0.717) is 10.8 Å². The molecule has 5 rings (SSSR count). The van der Waals surface area contributed by atoms with Gasteiger partial charge < -0.3 is 5.11 Å². The maximum atomic E-state index is 10.1. The van der Waals surface area contributed by atoms with Crippen LogP contribution in [0.15, 0.2) is 24.3 Å². The van der Waals surface area contributed by atoms with Crippen LogP contribution in [0.4, 0.5) is 0 Å². The monoisotopic (exact) mass is 312 g/mol. The van der Waals surface area contributed by atoms with E-state index in [1.807, 2.05) is 0 Å². The Kier molecular flexibility index (Phi) is 3.19. The minimum atomic E-state index is -0.0122. The van der Waals surface area contributed by atoms with Gasteiger partial charge >= 0.3 is 0 Å². The third kappa shape index (κ3) is 1.89. The van der Waals surface area contributed by atoms with Crippen molar-refractivity contribution in [3.8, 4) is 0 Å². The van der Waals surface area contributed by atoms with E-state index in [-0.39, 0.29) is 6.10 Å². The van der Waals surface area contributed by atoms with Crippen LogP contribution < -0.4 is 0 Å². The van der Waals surface area contributed by atoms with Gasteiger partial charge in [-0.25, -0.2) is 0 Å². The zero-order valence-electron chi connectivity index (χ0n) is 14.6. The summed E-state index contributed by atoms with van der Waals surface area (Å²) in [5.41, 5.74) is 1.04. The smallest absolute Gasteiger partial charge is 0.0543 e. The van der Waals surface area contributed by atoms with Crippen LogP contribution in [-0.2, 0) is 0 Å². The molecule has 0 amide bonds. The van der Waals surface area contributed by atoms with Crippen molar-refractivity contribution >= 4 is 0 Å². The van der Waals surface area contributed by atoms with Crippen LogP contribution in [0.1, 0.15) is 64.7 Å². The maximum Gasteiger partial charge on any atom is 0.0543 e. The molecule has 0 saturated heterocycles. The first-order valence-electron chi connectivity index (χ1n) is 10.2. The zero-order valence-corrected chi connectivity index (χ0v) is 14.6. The Bertz CT molecular complexity index is 548. The lowest BCUT2D eigenvalue weighted by atomic mass is 9.44. The molecule has 0 aromatic rings. The summed E-state index contributed by atoms with van der Waals surface area (Å²) in [7, 11) is 0. The van der Waals surface area contributed by atoms with Gasteiger partial charge in [-0.3, -0.25) is 0 Å². The first-order valence-corrected chi connectivity index (χ1v) is 10.2. The fourth-order valence-electron chi connectivity index (χ4n) is 8.04. The van der Waals surface area contributed by atoms with Crippen molar-refractivity contribution in [1.29, 1.82) is 0 Å². The number of aliphatic hydroxyl groups excluding tert-OH is 1. The van der Waals surface area contributed by atoms with Crippen LogP contribution in [0.2, 0.25) is 0 Å². The van der Waals surface area contributed by atoms with E-state index in [9.17, 15) is 5.11 Å². The van der Waals surface area contributed by atoms with Crippen LogP contribution in [-0.4, -0.2) is 11.2 Å².